The molecular formula is C16H15ClN2O2. The van der Waals surface area contributed by atoms with Crippen LogP contribution in [0.1, 0.15) is 12.0 Å². The molecule has 0 fully saturated rings. The summed E-state index contributed by atoms with van der Waals surface area (Å²) in [5.74, 6) is 2.15. The highest BCUT2D eigenvalue weighted by molar-refractivity contribution is 6.31. The van der Waals surface area contributed by atoms with Gasteiger partial charge in [0.1, 0.15) is 11.6 Å². The molecule has 21 heavy (non-hydrogen) atoms. The number of fused-ring (bicyclic) bond motifs is 2. The fourth-order valence-corrected chi connectivity index (χ4v) is 2.31. The number of aliphatic hydroxyl groups is 1. The van der Waals surface area contributed by atoms with Gasteiger partial charge in [0, 0.05) is 18.2 Å². The molecule has 2 aromatic rings. The first-order valence-electron chi connectivity index (χ1n) is 6.77. The van der Waals surface area contributed by atoms with Gasteiger partial charge >= 0.3 is 0 Å². The highest BCUT2D eigenvalue weighted by Gasteiger charge is 2.19. The van der Waals surface area contributed by atoms with Gasteiger partial charge in [0.2, 0.25) is 0 Å². The summed E-state index contributed by atoms with van der Waals surface area (Å²) in [6.07, 6.45) is 0.615. The number of ether oxygens (including phenoxy) is 1. The first-order valence-corrected chi connectivity index (χ1v) is 7.15. The summed E-state index contributed by atoms with van der Waals surface area (Å²) in [5, 5.41) is 12.8. The van der Waals surface area contributed by atoms with Crippen LogP contribution >= 0.6 is 11.6 Å². The Balaban J connectivity index is 2.07. The fourth-order valence-electron chi connectivity index (χ4n) is 2.13. The summed E-state index contributed by atoms with van der Waals surface area (Å²) < 4.78 is 5.94. The van der Waals surface area contributed by atoms with Crippen molar-refractivity contribution in [3.8, 4) is 11.5 Å². The summed E-state index contributed by atoms with van der Waals surface area (Å²) in [4.78, 5) is 4.52. The number of aliphatic hydroxyl groups excluding tert-OH is 1. The fraction of sp³-hybridized carbons (Fsp3) is 0.188. The Kier molecular flexibility index (Phi) is 4.08. The monoisotopic (exact) mass is 302 g/mol. The molecule has 0 bridgehead atoms. The van der Waals surface area contributed by atoms with E-state index in [9.17, 15) is 0 Å². The van der Waals surface area contributed by atoms with Crippen LogP contribution in [0.2, 0.25) is 5.02 Å². The summed E-state index contributed by atoms with van der Waals surface area (Å²) >= 11 is 6.09. The molecule has 5 heteroatoms. The molecule has 1 aliphatic rings. The minimum absolute atomic E-state index is 0.117. The second kappa shape index (κ2) is 6.16. The van der Waals surface area contributed by atoms with Crippen LogP contribution in [0.4, 0.5) is 5.69 Å². The average Bonchev–Trinajstić information content (AvgIpc) is 2.64. The van der Waals surface area contributed by atoms with Crippen LogP contribution in [0.25, 0.3) is 0 Å². The quantitative estimate of drug-likeness (QED) is 0.850. The van der Waals surface area contributed by atoms with Crippen molar-refractivity contribution in [2.24, 2.45) is 4.99 Å². The van der Waals surface area contributed by atoms with Crippen molar-refractivity contribution in [2.75, 3.05) is 18.5 Å². The Hall–Kier alpha value is -2.04. The van der Waals surface area contributed by atoms with Crippen LogP contribution in [0.15, 0.2) is 47.5 Å². The van der Waals surface area contributed by atoms with Gasteiger partial charge in [0.05, 0.1) is 11.3 Å². The Labute approximate surface area is 128 Å². The van der Waals surface area contributed by atoms with E-state index in [0.717, 1.165) is 17.0 Å². The van der Waals surface area contributed by atoms with Crippen LogP contribution in [-0.4, -0.2) is 24.1 Å². The number of nitrogens with zero attached hydrogens (tertiary/aromatic N) is 1. The molecular weight excluding hydrogens is 288 g/mol. The number of halogens is 1. The standard InChI is InChI=1S/C16H15ClN2O2/c17-11-6-7-14-12(10-11)16(18-8-3-9-20)19-13-4-1-2-5-15(13)21-14/h1-2,4-7,10,20H,3,8-9H2,(H,18,19). The van der Waals surface area contributed by atoms with E-state index in [-0.39, 0.29) is 6.61 Å². The lowest BCUT2D eigenvalue weighted by Gasteiger charge is -2.08. The molecule has 0 aliphatic carbocycles. The first kappa shape index (κ1) is 13.9. The van der Waals surface area contributed by atoms with E-state index in [4.69, 9.17) is 21.4 Å². The number of anilines is 1. The molecule has 2 aromatic carbocycles. The predicted octanol–water partition coefficient (Wildman–Crippen LogP) is 3.69. The Morgan fingerprint density at radius 1 is 1.14 bits per heavy atom. The van der Waals surface area contributed by atoms with E-state index < -0.39 is 0 Å². The maximum absolute atomic E-state index is 8.91. The number of nitrogens with one attached hydrogen (secondary N) is 1. The molecule has 108 valence electrons. The summed E-state index contributed by atoms with van der Waals surface area (Å²) in [7, 11) is 0. The normalized spacial score (nSPS) is 14.7. The van der Waals surface area contributed by atoms with Crippen LogP contribution < -0.4 is 10.1 Å². The smallest absolute Gasteiger partial charge is 0.150 e. The Morgan fingerprint density at radius 3 is 2.86 bits per heavy atom. The molecule has 0 atom stereocenters. The highest BCUT2D eigenvalue weighted by atomic mass is 35.5. The molecule has 3 rings (SSSR count). The van der Waals surface area contributed by atoms with Gasteiger partial charge in [0.25, 0.3) is 0 Å². The van der Waals surface area contributed by atoms with Crippen molar-refractivity contribution in [1.29, 1.82) is 0 Å². The van der Waals surface area contributed by atoms with Gasteiger partial charge in [-0.1, -0.05) is 23.7 Å². The molecule has 0 amide bonds. The van der Waals surface area contributed by atoms with E-state index in [0.29, 0.717) is 29.6 Å². The van der Waals surface area contributed by atoms with E-state index >= 15 is 0 Å². The van der Waals surface area contributed by atoms with Gasteiger partial charge in [-0.3, -0.25) is 4.99 Å². The van der Waals surface area contributed by atoms with Crippen LogP contribution in [0.5, 0.6) is 11.5 Å². The molecule has 0 saturated heterocycles. The van der Waals surface area contributed by atoms with Gasteiger partial charge in [-0.2, -0.15) is 0 Å². The highest BCUT2D eigenvalue weighted by Crippen LogP contribution is 2.36. The zero-order valence-electron chi connectivity index (χ0n) is 11.3. The van der Waals surface area contributed by atoms with Crippen LogP contribution in [-0.2, 0) is 0 Å². The molecule has 0 saturated carbocycles. The van der Waals surface area contributed by atoms with E-state index in [1.807, 2.05) is 36.4 Å². The van der Waals surface area contributed by atoms with Gasteiger partial charge < -0.3 is 15.2 Å². The predicted molar refractivity (Wildman–Crippen MR) is 84.7 cm³/mol. The molecule has 0 radical (unpaired) electrons. The minimum Gasteiger partial charge on any atom is -0.454 e. The number of hydrogen-bond acceptors (Lipinski definition) is 3. The molecule has 4 nitrogen and oxygen atoms in total. The van der Waals surface area contributed by atoms with E-state index in [2.05, 4.69) is 10.3 Å². The minimum atomic E-state index is 0.117. The van der Waals surface area contributed by atoms with Crippen LogP contribution in [0.3, 0.4) is 0 Å². The maximum atomic E-state index is 8.91. The lowest BCUT2D eigenvalue weighted by Crippen LogP contribution is -2.13. The first-order chi connectivity index (χ1) is 10.3. The Morgan fingerprint density at radius 2 is 2.00 bits per heavy atom. The number of hydrogen-bond donors (Lipinski definition) is 2. The largest absolute Gasteiger partial charge is 0.454 e. The summed E-state index contributed by atoms with van der Waals surface area (Å²) in [6.45, 7) is 0.652. The zero-order chi connectivity index (χ0) is 14.7. The molecule has 2 N–H and O–H groups in total. The topological polar surface area (TPSA) is 53.9 Å². The zero-order valence-corrected chi connectivity index (χ0v) is 12.1. The summed E-state index contributed by atoms with van der Waals surface area (Å²) in [6, 6.07) is 13.1. The van der Waals surface area contributed by atoms with Crippen LogP contribution in [0, 0.1) is 0 Å². The maximum Gasteiger partial charge on any atom is 0.150 e. The number of aliphatic imine (C=N–C) groups is 1. The van der Waals surface area contributed by atoms with E-state index in [1.165, 1.54) is 0 Å². The third kappa shape index (κ3) is 3.01. The lowest BCUT2D eigenvalue weighted by atomic mass is 10.2. The van der Waals surface area contributed by atoms with Gasteiger partial charge in [-0.05, 0) is 36.8 Å². The molecule has 0 spiro atoms. The molecule has 0 unspecified atom stereocenters. The number of amidine groups is 1. The van der Waals surface area contributed by atoms with Gasteiger partial charge in [-0.15, -0.1) is 0 Å². The van der Waals surface area contributed by atoms with Crippen molar-refractivity contribution in [3.05, 3.63) is 53.1 Å². The van der Waals surface area contributed by atoms with Crippen molar-refractivity contribution in [2.45, 2.75) is 6.42 Å². The molecule has 1 aliphatic heterocycles. The summed E-state index contributed by atoms with van der Waals surface area (Å²) in [5.41, 5.74) is 1.67. The average molecular weight is 303 g/mol. The SMILES string of the molecule is OCCCN=C1Nc2ccccc2Oc2ccc(Cl)cc21. The van der Waals surface area contributed by atoms with Gasteiger partial charge in [0.15, 0.2) is 5.75 Å². The van der Waals surface area contributed by atoms with Gasteiger partial charge in [-0.25, -0.2) is 0 Å². The Bertz CT molecular complexity index is 686. The molecule has 1 heterocycles. The van der Waals surface area contributed by atoms with Crippen molar-refractivity contribution in [3.63, 3.8) is 0 Å². The van der Waals surface area contributed by atoms with E-state index in [1.54, 1.807) is 6.07 Å². The number of para-hydroxylation sites is 2. The number of rotatable bonds is 3. The van der Waals surface area contributed by atoms with Crippen molar-refractivity contribution in [1.82, 2.24) is 0 Å². The second-order valence-corrected chi connectivity index (χ2v) is 5.11. The van der Waals surface area contributed by atoms with Crippen molar-refractivity contribution < 1.29 is 9.84 Å². The molecule has 0 aromatic heterocycles. The lowest BCUT2D eigenvalue weighted by molar-refractivity contribution is 0.291. The third-order valence-corrected chi connectivity index (χ3v) is 3.38. The third-order valence-electron chi connectivity index (χ3n) is 3.14. The number of benzene rings is 2. The second-order valence-electron chi connectivity index (χ2n) is 4.67. The van der Waals surface area contributed by atoms with Crippen molar-refractivity contribution >= 4 is 23.1 Å².